The van der Waals surface area contributed by atoms with Crippen molar-refractivity contribution in [1.82, 2.24) is 4.57 Å². The first-order valence-corrected chi connectivity index (χ1v) is 6.57. The summed E-state index contributed by atoms with van der Waals surface area (Å²) in [5, 5.41) is 10.3. The summed E-state index contributed by atoms with van der Waals surface area (Å²) in [6.07, 6.45) is 2.54. The van der Waals surface area contributed by atoms with E-state index in [1.54, 1.807) is 13.8 Å². The zero-order valence-corrected chi connectivity index (χ0v) is 12.3. The van der Waals surface area contributed by atoms with Crippen molar-refractivity contribution >= 4 is 32.8 Å². The summed E-state index contributed by atoms with van der Waals surface area (Å²) in [4.78, 5) is 11.1. The lowest BCUT2D eigenvalue weighted by Gasteiger charge is -2.19. The lowest BCUT2D eigenvalue weighted by Crippen LogP contribution is -2.26. The third-order valence-corrected chi connectivity index (χ3v) is 3.86. The maximum Gasteiger partial charge on any atom is 0.309 e. The predicted octanol–water partition coefficient (Wildman–Crippen LogP) is 3.59. The fourth-order valence-corrected chi connectivity index (χ4v) is 2.71. The molecule has 2 rings (SSSR count). The molecule has 0 saturated heterocycles. The molecule has 2 aromatic rings. The lowest BCUT2D eigenvalue weighted by atomic mass is 9.86. The van der Waals surface area contributed by atoms with Gasteiger partial charge in [-0.05, 0) is 53.9 Å². The Morgan fingerprint density at radius 2 is 2.11 bits per heavy atom. The number of hydrogen-bond donors (Lipinski definition) is 1. The highest BCUT2D eigenvalue weighted by atomic mass is 79.9. The minimum atomic E-state index is -0.769. The predicted molar refractivity (Wildman–Crippen MR) is 75.7 cm³/mol. The van der Waals surface area contributed by atoms with Gasteiger partial charge in [0.15, 0.2) is 0 Å². The standard InChI is InChI=1S/C14H16BrNO2/c1-14(2,13(17)18)7-9-4-5-12-10(6-9)11(15)8-16(12)3/h4-6,8H,7H2,1-3H3,(H,17,18). The summed E-state index contributed by atoms with van der Waals surface area (Å²) >= 11 is 3.52. The average Bonchev–Trinajstić information content (AvgIpc) is 2.54. The van der Waals surface area contributed by atoms with Crippen molar-refractivity contribution in [2.75, 3.05) is 0 Å². The van der Waals surface area contributed by atoms with E-state index in [9.17, 15) is 4.79 Å². The summed E-state index contributed by atoms with van der Waals surface area (Å²) in [5.74, 6) is -0.769. The molecule has 0 spiro atoms. The van der Waals surface area contributed by atoms with Crippen LogP contribution in [0, 0.1) is 5.41 Å². The quantitative estimate of drug-likeness (QED) is 0.941. The van der Waals surface area contributed by atoms with E-state index in [1.165, 1.54) is 0 Å². The Morgan fingerprint density at radius 3 is 2.72 bits per heavy atom. The number of nitrogens with zero attached hydrogens (tertiary/aromatic N) is 1. The Morgan fingerprint density at radius 1 is 1.44 bits per heavy atom. The van der Waals surface area contributed by atoms with Gasteiger partial charge in [-0.1, -0.05) is 6.07 Å². The van der Waals surface area contributed by atoms with Crippen LogP contribution in [-0.2, 0) is 18.3 Å². The molecule has 4 heteroatoms. The lowest BCUT2D eigenvalue weighted by molar-refractivity contribution is -0.146. The molecule has 0 unspecified atom stereocenters. The number of rotatable bonds is 3. The van der Waals surface area contributed by atoms with Gasteiger partial charge in [0, 0.05) is 28.6 Å². The van der Waals surface area contributed by atoms with E-state index in [0.29, 0.717) is 6.42 Å². The summed E-state index contributed by atoms with van der Waals surface area (Å²) in [7, 11) is 1.99. The summed E-state index contributed by atoms with van der Waals surface area (Å²) < 4.78 is 3.08. The zero-order chi connectivity index (χ0) is 13.5. The van der Waals surface area contributed by atoms with Crippen LogP contribution in [0.15, 0.2) is 28.9 Å². The van der Waals surface area contributed by atoms with Crippen molar-refractivity contribution in [1.29, 1.82) is 0 Å². The summed E-state index contributed by atoms with van der Waals surface area (Å²) in [5.41, 5.74) is 1.44. The van der Waals surface area contributed by atoms with Gasteiger partial charge in [-0.25, -0.2) is 0 Å². The first-order valence-electron chi connectivity index (χ1n) is 5.78. The Kier molecular flexibility index (Phi) is 3.23. The number of hydrogen-bond acceptors (Lipinski definition) is 1. The molecule has 0 radical (unpaired) electrons. The number of halogens is 1. The zero-order valence-electron chi connectivity index (χ0n) is 10.7. The van der Waals surface area contributed by atoms with Crippen molar-refractivity contribution in [3.8, 4) is 0 Å². The van der Waals surface area contributed by atoms with E-state index in [2.05, 4.69) is 22.0 Å². The molecular formula is C14H16BrNO2. The highest BCUT2D eigenvalue weighted by Gasteiger charge is 2.27. The Bertz CT molecular complexity index is 614. The molecule has 96 valence electrons. The summed E-state index contributed by atoms with van der Waals surface area (Å²) in [6, 6.07) is 6.09. The molecule has 18 heavy (non-hydrogen) atoms. The number of aromatic nitrogens is 1. The van der Waals surface area contributed by atoms with Gasteiger partial charge < -0.3 is 9.67 Å². The number of fused-ring (bicyclic) bond motifs is 1. The fraction of sp³-hybridized carbons (Fsp3) is 0.357. The van der Waals surface area contributed by atoms with Crippen molar-refractivity contribution in [2.24, 2.45) is 12.5 Å². The van der Waals surface area contributed by atoms with Crippen molar-refractivity contribution in [2.45, 2.75) is 20.3 Å². The molecule has 1 aromatic heterocycles. The smallest absolute Gasteiger partial charge is 0.309 e. The van der Waals surface area contributed by atoms with Crippen LogP contribution in [0.3, 0.4) is 0 Å². The second-order valence-electron chi connectivity index (χ2n) is 5.31. The molecule has 3 nitrogen and oxygen atoms in total. The maximum absolute atomic E-state index is 11.1. The van der Waals surface area contributed by atoms with Crippen molar-refractivity contribution < 1.29 is 9.90 Å². The van der Waals surface area contributed by atoms with E-state index in [4.69, 9.17) is 5.11 Å². The minimum absolute atomic E-state index is 0.527. The second kappa shape index (κ2) is 4.43. The monoisotopic (exact) mass is 309 g/mol. The van der Waals surface area contributed by atoms with Crippen LogP contribution in [0.4, 0.5) is 0 Å². The van der Waals surface area contributed by atoms with Gasteiger partial charge in [0.2, 0.25) is 0 Å². The van der Waals surface area contributed by atoms with Crippen LogP contribution < -0.4 is 0 Å². The van der Waals surface area contributed by atoms with Gasteiger partial charge >= 0.3 is 5.97 Å². The molecule has 1 aromatic carbocycles. The molecule has 0 bridgehead atoms. The molecule has 0 aliphatic heterocycles. The van der Waals surface area contributed by atoms with Gasteiger partial charge in [0.25, 0.3) is 0 Å². The Hall–Kier alpha value is -1.29. The molecule has 1 heterocycles. The normalized spacial score (nSPS) is 12.0. The van der Waals surface area contributed by atoms with E-state index >= 15 is 0 Å². The van der Waals surface area contributed by atoms with E-state index < -0.39 is 11.4 Å². The first-order chi connectivity index (χ1) is 8.31. The minimum Gasteiger partial charge on any atom is -0.481 e. The van der Waals surface area contributed by atoms with Crippen LogP contribution in [0.2, 0.25) is 0 Å². The van der Waals surface area contributed by atoms with Gasteiger partial charge in [-0.3, -0.25) is 4.79 Å². The molecule has 0 amide bonds. The molecular weight excluding hydrogens is 294 g/mol. The second-order valence-corrected chi connectivity index (χ2v) is 6.16. The molecule has 0 aliphatic carbocycles. The van der Waals surface area contributed by atoms with Gasteiger partial charge in [-0.2, -0.15) is 0 Å². The highest BCUT2D eigenvalue weighted by Crippen LogP contribution is 2.29. The van der Waals surface area contributed by atoms with Gasteiger partial charge in [0.05, 0.1) is 5.41 Å². The number of aryl methyl sites for hydroxylation is 1. The molecule has 0 fully saturated rings. The SMILES string of the molecule is Cn1cc(Br)c2cc(CC(C)(C)C(=O)O)ccc21. The highest BCUT2D eigenvalue weighted by molar-refractivity contribution is 9.10. The average molecular weight is 310 g/mol. The number of carbonyl (C=O) groups is 1. The number of carboxylic acids is 1. The van der Waals surface area contributed by atoms with Crippen LogP contribution in [0.5, 0.6) is 0 Å². The number of benzene rings is 1. The van der Waals surface area contributed by atoms with Crippen LogP contribution in [-0.4, -0.2) is 15.6 Å². The van der Waals surface area contributed by atoms with Gasteiger partial charge in [-0.15, -0.1) is 0 Å². The topological polar surface area (TPSA) is 42.2 Å². The van der Waals surface area contributed by atoms with Crippen LogP contribution in [0.25, 0.3) is 10.9 Å². The number of aliphatic carboxylic acids is 1. The van der Waals surface area contributed by atoms with E-state index in [1.807, 2.05) is 29.9 Å². The Balaban J connectivity index is 2.42. The van der Waals surface area contributed by atoms with E-state index in [-0.39, 0.29) is 0 Å². The van der Waals surface area contributed by atoms with Crippen molar-refractivity contribution in [3.05, 3.63) is 34.4 Å². The van der Waals surface area contributed by atoms with Crippen LogP contribution >= 0.6 is 15.9 Å². The van der Waals surface area contributed by atoms with Crippen molar-refractivity contribution in [3.63, 3.8) is 0 Å². The fourth-order valence-electron chi connectivity index (χ4n) is 2.09. The first kappa shape index (κ1) is 13.1. The van der Waals surface area contributed by atoms with E-state index in [0.717, 1.165) is 20.9 Å². The Labute approximate surface area is 115 Å². The maximum atomic E-state index is 11.1. The number of carboxylic acid groups (broad SMARTS) is 1. The van der Waals surface area contributed by atoms with Gasteiger partial charge in [0.1, 0.15) is 0 Å². The largest absolute Gasteiger partial charge is 0.481 e. The molecule has 0 atom stereocenters. The van der Waals surface area contributed by atoms with Crippen LogP contribution in [0.1, 0.15) is 19.4 Å². The third kappa shape index (κ3) is 2.29. The summed E-state index contributed by atoms with van der Waals surface area (Å²) in [6.45, 7) is 3.50. The molecule has 1 N–H and O–H groups in total. The molecule has 0 aliphatic rings. The third-order valence-electron chi connectivity index (χ3n) is 3.23. The molecule has 0 saturated carbocycles.